The van der Waals surface area contributed by atoms with E-state index in [9.17, 15) is 0 Å². The number of hydrogen-bond donors (Lipinski definition) is 2. The number of nitrogens with one attached hydrogen (secondary N) is 2. The Morgan fingerprint density at radius 1 is 0.967 bits per heavy atom. The van der Waals surface area contributed by atoms with Crippen molar-refractivity contribution in [2.45, 2.75) is 20.4 Å². The summed E-state index contributed by atoms with van der Waals surface area (Å²) in [6, 6.07) is 11.8. The Bertz CT molecular complexity index is 790. The highest BCUT2D eigenvalue weighted by molar-refractivity contribution is 14.0. The predicted molar refractivity (Wildman–Crippen MR) is 131 cm³/mol. The van der Waals surface area contributed by atoms with Gasteiger partial charge in [-0.05, 0) is 49.2 Å². The number of hydrogen-bond acceptors (Lipinski definition) is 5. The van der Waals surface area contributed by atoms with Crippen LogP contribution in [0.2, 0.25) is 0 Å². The van der Waals surface area contributed by atoms with Crippen molar-refractivity contribution in [2.24, 2.45) is 4.99 Å². The van der Waals surface area contributed by atoms with Gasteiger partial charge in [-0.3, -0.25) is 0 Å². The molecule has 2 aromatic carbocycles. The number of guanidine groups is 1. The average Bonchev–Trinajstić information content (AvgIpc) is 2.74. The van der Waals surface area contributed by atoms with Crippen LogP contribution in [0.1, 0.15) is 18.1 Å². The monoisotopic (exact) mass is 529 g/mol. The molecule has 0 aliphatic rings. The van der Waals surface area contributed by atoms with Gasteiger partial charge in [-0.25, -0.2) is 4.99 Å². The van der Waals surface area contributed by atoms with E-state index in [-0.39, 0.29) is 24.0 Å². The Kier molecular flexibility index (Phi) is 11.8. The van der Waals surface area contributed by atoms with Crippen molar-refractivity contribution in [2.75, 3.05) is 41.0 Å². The Labute approximate surface area is 196 Å². The van der Waals surface area contributed by atoms with Gasteiger partial charge in [-0.15, -0.1) is 24.0 Å². The van der Waals surface area contributed by atoms with Crippen molar-refractivity contribution < 1.29 is 18.9 Å². The summed E-state index contributed by atoms with van der Waals surface area (Å²) >= 11 is 0. The summed E-state index contributed by atoms with van der Waals surface area (Å²) < 4.78 is 21.9. The molecule has 0 radical (unpaired) electrons. The molecule has 7 nitrogen and oxygen atoms in total. The molecule has 0 heterocycles. The summed E-state index contributed by atoms with van der Waals surface area (Å²) in [5, 5.41) is 6.52. The quantitative estimate of drug-likeness (QED) is 0.211. The molecule has 0 unspecified atom stereocenters. The molecule has 2 rings (SSSR count). The summed E-state index contributed by atoms with van der Waals surface area (Å²) in [5.41, 5.74) is 2.13. The highest BCUT2D eigenvalue weighted by Gasteiger charge is 2.13. The lowest BCUT2D eigenvalue weighted by Crippen LogP contribution is -2.39. The first-order valence-electron chi connectivity index (χ1n) is 9.61. The smallest absolute Gasteiger partial charge is 0.203 e. The minimum absolute atomic E-state index is 0. The number of methoxy groups -OCH3 is 3. The number of rotatable bonds is 10. The van der Waals surface area contributed by atoms with Crippen molar-refractivity contribution in [3.63, 3.8) is 0 Å². The molecule has 0 bridgehead atoms. The van der Waals surface area contributed by atoms with Gasteiger partial charge in [0.15, 0.2) is 17.5 Å². The minimum atomic E-state index is 0. The highest BCUT2D eigenvalue weighted by atomic mass is 127. The van der Waals surface area contributed by atoms with Gasteiger partial charge < -0.3 is 29.6 Å². The van der Waals surface area contributed by atoms with Gasteiger partial charge in [-0.1, -0.05) is 12.1 Å². The molecule has 0 aliphatic carbocycles. The normalized spacial score (nSPS) is 10.6. The fourth-order valence-electron chi connectivity index (χ4n) is 2.78. The van der Waals surface area contributed by atoms with Gasteiger partial charge in [-0.2, -0.15) is 0 Å². The number of nitrogens with zero attached hydrogens (tertiary/aromatic N) is 1. The van der Waals surface area contributed by atoms with Crippen molar-refractivity contribution in [3.8, 4) is 23.0 Å². The van der Waals surface area contributed by atoms with Crippen LogP contribution in [0.5, 0.6) is 23.0 Å². The van der Waals surface area contributed by atoms with Crippen LogP contribution in [0.25, 0.3) is 0 Å². The lowest BCUT2D eigenvalue weighted by atomic mass is 10.2. The van der Waals surface area contributed by atoms with Crippen LogP contribution in [0.4, 0.5) is 0 Å². The summed E-state index contributed by atoms with van der Waals surface area (Å²) in [7, 11) is 4.79. The molecular formula is C22H32IN3O4. The van der Waals surface area contributed by atoms with E-state index in [1.165, 1.54) is 5.56 Å². The van der Waals surface area contributed by atoms with Gasteiger partial charge >= 0.3 is 0 Å². The highest BCUT2D eigenvalue weighted by Crippen LogP contribution is 2.38. The molecule has 2 N–H and O–H groups in total. The topological polar surface area (TPSA) is 73.3 Å². The Hall–Kier alpha value is -2.36. The second kappa shape index (κ2) is 13.8. The zero-order valence-corrected chi connectivity index (χ0v) is 20.6. The first-order chi connectivity index (χ1) is 14.1. The molecule has 30 heavy (non-hydrogen) atoms. The third kappa shape index (κ3) is 7.81. The van der Waals surface area contributed by atoms with E-state index in [4.69, 9.17) is 18.9 Å². The summed E-state index contributed by atoms with van der Waals surface area (Å²) in [6.07, 6.45) is 0. The average molecular weight is 529 g/mol. The van der Waals surface area contributed by atoms with E-state index in [0.29, 0.717) is 42.9 Å². The number of aryl methyl sites for hydroxylation is 1. The van der Waals surface area contributed by atoms with Gasteiger partial charge in [0.2, 0.25) is 5.75 Å². The van der Waals surface area contributed by atoms with Crippen molar-refractivity contribution in [1.82, 2.24) is 10.6 Å². The predicted octanol–water partition coefficient (Wildman–Crippen LogP) is 3.77. The van der Waals surface area contributed by atoms with Crippen LogP contribution < -0.4 is 29.6 Å². The van der Waals surface area contributed by atoms with Crippen LogP contribution in [0, 0.1) is 6.92 Å². The number of ether oxygens (including phenoxy) is 4. The molecule has 2 aromatic rings. The summed E-state index contributed by atoms with van der Waals surface area (Å²) in [6.45, 7) is 6.47. The zero-order valence-electron chi connectivity index (χ0n) is 18.3. The van der Waals surface area contributed by atoms with Crippen molar-refractivity contribution in [1.29, 1.82) is 0 Å². The SMILES string of the molecule is CCNC(=NCc1cc(OC)c(OC)c(OC)c1)NCCOc1cccc(C)c1.I. The van der Waals surface area contributed by atoms with Gasteiger partial charge in [0.25, 0.3) is 0 Å². The molecule has 0 saturated carbocycles. The Morgan fingerprint density at radius 2 is 1.67 bits per heavy atom. The molecule has 0 spiro atoms. The van der Waals surface area contributed by atoms with Crippen LogP contribution >= 0.6 is 24.0 Å². The van der Waals surface area contributed by atoms with Crippen LogP contribution in [0.15, 0.2) is 41.4 Å². The van der Waals surface area contributed by atoms with Crippen LogP contribution in [0.3, 0.4) is 0 Å². The van der Waals surface area contributed by atoms with Crippen LogP contribution in [-0.4, -0.2) is 47.0 Å². The first-order valence-corrected chi connectivity index (χ1v) is 9.61. The van der Waals surface area contributed by atoms with Crippen molar-refractivity contribution >= 4 is 29.9 Å². The minimum Gasteiger partial charge on any atom is -0.493 e. The molecule has 0 amide bonds. The van der Waals surface area contributed by atoms with Gasteiger partial charge in [0, 0.05) is 6.54 Å². The maximum absolute atomic E-state index is 5.77. The second-order valence-electron chi connectivity index (χ2n) is 6.32. The van der Waals surface area contributed by atoms with Gasteiger partial charge in [0.1, 0.15) is 12.4 Å². The largest absolute Gasteiger partial charge is 0.493 e. The summed E-state index contributed by atoms with van der Waals surface area (Å²) in [4.78, 5) is 4.64. The van der Waals surface area contributed by atoms with E-state index < -0.39 is 0 Å². The van der Waals surface area contributed by atoms with E-state index in [0.717, 1.165) is 17.9 Å². The van der Waals surface area contributed by atoms with Crippen LogP contribution in [-0.2, 0) is 6.54 Å². The Balaban J connectivity index is 0.00000450. The molecule has 0 saturated heterocycles. The molecule has 0 fully saturated rings. The second-order valence-corrected chi connectivity index (χ2v) is 6.32. The number of aliphatic imine (C=N–C) groups is 1. The third-order valence-electron chi connectivity index (χ3n) is 4.14. The lowest BCUT2D eigenvalue weighted by molar-refractivity contribution is 0.321. The van der Waals surface area contributed by atoms with E-state index in [1.807, 2.05) is 50.2 Å². The molecular weight excluding hydrogens is 497 g/mol. The molecule has 0 atom stereocenters. The van der Waals surface area contributed by atoms with E-state index >= 15 is 0 Å². The number of benzene rings is 2. The molecule has 0 aliphatic heterocycles. The standard InChI is InChI=1S/C22H31N3O4.HI/c1-6-23-22(24-10-11-29-18-9-7-8-16(2)12-18)25-15-17-13-19(26-3)21(28-5)20(14-17)27-4;/h7-9,12-14H,6,10-11,15H2,1-5H3,(H2,23,24,25);1H. The fraction of sp³-hybridized carbons (Fsp3) is 0.409. The fourth-order valence-corrected chi connectivity index (χ4v) is 2.78. The van der Waals surface area contributed by atoms with E-state index in [2.05, 4.69) is 15.6 Å². The van der Waals surface area contributed by atoms with E-state index in [1.54, 1.807) is 21.3 Å². The maximum Gasteiger partial charge on any atom is 0.203 e. The maximum atomic E-state index is 5.77. The van der Waals surface area contributed by atoms with Crippen molar-refractivity contribution in [3.05, 3.63) is 47.5 Å². The lowest BCUT2D eigenvalue weighted by Gasteiger charge is -2.14. The third-order valence-corrected chi connectivity index (χ3v) is 4.14. The Morgan fingerprint density at radius 3 is 2.23 bits per heavy atom. The van der Waals surface area contributed by atoms with Gasteiger partial charge in [0.05, 0.1) is 34.4 Å². The molecule has 8 heteroatoms. The zero-order chi connectivity index (χ0) is 21.1. The molecule has 0 aromatic heterocycles. The summed E-state index contributed by atoms with van der Waals surface area (Å²) in [5.74, 6) is 3.38. The number of halogens is 1. The molecule has 166 valence electrons. The first kappa shape index (κ1) is 25.7.